The molecule has 0 bridgehead atoms. The van der Waals surface area contributed by atoms with Crippen LogP contribution in [-0.2, 0) is 4.57 Å². The Kier molecular flexibility index (Phi) is 14.2. The van der Waals surface area contributed by atoms with Crippen LogP contribution in [0.4, 0.5) is 17.2 Å². The normalized spacial score (nSPS) is 10.9. The van der Waals surface area contributed by atoms with Gasteiger partial charge in [0.25, 0.3) is 5.56 Å². The number of aromatic nitrogens is 9. The minimum atomic E-state index is -3.22. The molecule has 0 fully saturated rings. The molecule has 0 aliphatic carbocycles. The standard InChI is InChI=1S/C16H11ClN4.C10H6ClN3.C10H7N3O.C6H6ClN.Cl3OP/c17-10-4-3-5-11(8-10)20-16-15-14(18-9-19-16)12-6-1-2-7-13(12)21-15;11-10-9-8(12-5-13-10)6-3-1-2-4-7(6)14-9;14-10-9-8(11-5-12-10)6-3-1-2-4-7(6)13-9;7-5-2-1-3-6(8)4-5;1-5(2,3)4/h1-9,21H,(H,18,19,20);1-5,14H;1-5,13H,(H,11,12,14);1-4H,8H2;. The van der Waals surface area contributed by atoms with Crippen LogP contribution in [0.15, 0.2) is 145 Å². The predicted molar refractivity (Wildman–Crippen MR) is 258 cm³/mol. The second kappa shape index (κ2) is 19.9. The second-order valence-corrected chi connectivity index (χ2v) is 20.8. The second-order valence-electron chi connectivity index (χ2n) is 12.9. The number of aromatic amines is 4. The summed E-state index contributed by atoms with van der Waals surface area (Å²) in [5.74, 6) is 0.735. The molecule has 0 unspecified atom stereocenters. The van der Waals surface area contributed by atoms with Crippen molar-refractivity contribution in [3.63, 3.8) is 0 Å². The van der Waals surface area contributed by atoms with Gasteiger partial charge >= 0.3 is 5.20 Å². The number of anilines is 3. The van der Waals surface area contributed by atoms with Crippen LogP contribution in [0, 0.1) is 0 Å². The summed E-state index contributed by atoms with van der Waals surface area (Å²) in [6, 6.07) is 38.4. The number of hydrogen-bond acceptors (Lipinski definition) is 9. The third kappa shape index (κ3) is 11.1. The molecule has 0 saturated heterocycles. The van der Waals surface area contributed by atoms with Gasteiger partial charge in [-0.05, 0) is 88.3 Å². The molecule has 6 heterocycles. The number of nitrogens with two attached hydrogens (primary N) is 1. The SMILES string of the molecule is Clc1cccc(Nc2ncnc3c2[nH]c2ccccc23)c1.Clc1ncnc2c1[nH]c1ccccc12.Nc1cccc(Cl)c1.O=P(Cl)(Cl)Cl.O=c1[nH]cnc2c1[nH]c1ccccc12. The molecule has 0 saturated carbocycles. The molecular formula is C42H30Cl6N11O2P. The van der Waals surface area contributed by atoms with Crippen molar-refractivity contribution >= 4 is 157 Å². The van der Waals surface area contributed by atoms with E-state index in [1.54, 1.807) is 24.5 Å². The smallest absolute Gasteiger partial charge is 0.339 e. The van der Waals surface area contributed by atoms with Gasteiger partial charge in [0.05, 0.1) is 6.33 Å². The molecule has 0 amide bonds. The lowest BCUT2D eigenvalue weighted by molar-refractivity contribution is 0.600. The number of rotatable bonds is 2. The van der Waals surface area contributed by atoms with Crippen LogP contribution >= 0.6 is 73.7 Å². The third-order valence-electron chi connectivity index (χ3n) is 8.76. The number of H-pyrrole nitrogens is 4. The highest BCUT2D eigenvalue weighted by molar-refractivity contribution is 8.24. The van der Waals surface area contributed by atoms with Crippen molar-refractivity contribution in [3.8, 4) is 0 Å². The summed E-state index contributed by atoms with van der Waals surface area (Å²) >= 11 is 31.4. The Bertz CT molecular complexity index is 3400. The van der Waals surface area contributed by atoms with Crippen molar-refractivity contribution < 1.29 is 4.57 Å². The van der Waals surface area contributed by atoms with Crippen LogP contribution in [0.1, 0.15) is 0 Å². The fourth-order valence-corrected chi connectivity index (χ4v) is 6.78. The van der Waals surface area contributed by atoms with Crippen molar-refractivity contribution in [3.05, 3.63) is 166 Å². The van der Waals surface area contributed by atoms with Gasteiger partial charge in [-0.15, -0.1) is 0 Å². The zero-order chi connectivity index (χ0) is 43.8. The summed E-state index contributed by atoms with van der Waals surface area (Å²) in [4.78, 5) is 44.5. The predicted octanol–water partition coefficient (Wildman–Crippen LogP) is 13.4. The Morgan fingerprint density at radius 1 is 0.548 bits per heavy atom. The van der Waals surface area contributed by atoms with Crippen molar-refractivity contribution in [2.24, 2.45) is 0 Å². The number of halogens is 6. The molecule has 11 rings (SSSR count). The molecule has 11 aromatic rings. The average molecular weight is 964 g/mol. The number of benzene rings is 5. The molecule has 13 nitrogen and oxygen atoms in total. The fourth-order valence-electron chi connectivity index (χ4n) is 6.21. The number of nitrogen functional groups attached to an aromatic ring is 1. The van der Waals surface area contributed by atoms with Crippen LogP contribution in [0.5, 0.6) is 0 Å². The van der Waals surface area contributed by atoms with Gasteiger partial charge in [0.2, 0.25) is 0 Å². The van der Waals surface area contributed by atoms with E-state index in [1.807, 2.05) is 103 Å². The zero-order valence-electron chi connectivity index (χ0n) is 31.6. The van der Waals surface area contributed by atoms with Gasteiger partial charge in [-0.1, -0.05) is 102 Å². The van der Waals surface area contributed by atoms with Gasteiger partial charge in [0.15, 0.2) is 11.0 Å². The molecule has 0 radical (unpaired) electrons. The first kappa shape index (κ1) is 44.2. The topological polar surface area (TPSA) is 200 Å². The third-order valence-corrected chi connectivity index (χ3v) is 9.52. The first-order valence-electron chi connectivity index (χ1n) is 18.1. The Morgan fingerprint density at radius 3 is 1.58 bits per heavy atom. The first-order chi connectivity index (χ1) is 29.8. The number of nitrogens with one attached hydrogen (secondary N) is 5. The van der Waals surface area contributed by atoms with Crippen LogP contribution < -0.4 is 16.6 Å². The maximum Gasteiger partial charge on any atom is 0.339 e. The summed E-state index contributed by atoms with van der Waals surface area (Å²) in [7, 11) is 0. The highest BCUT2D eigenvalue weighted by atomic mass is 36.0. The maximum absolute atomic E-state index is 11.4. The Hall–Kier alpha value is -5.89. The molecule has 62 heavy (non-hydrogen) atoms. The van der Waals surface area contributed by atoms with Gasteiger partial charge < -0.3 is 31.0 Å². The van der Waals surface area contributed by atoms with Crippen molar-refractivity contribution in [1.82, 2.24) is 44.9 Å². The quantitative estimate of drug-likeness (QED) is 0.0554. The van der Waals surface area contributed by atoms with E-state index >= 15 is 0 Å². The van der Waals surface area contributed by atoms with Gasteiger partial charge in [-0.3, -0.25) is 9.36 Å². The summed E-state index contributed by atoms with van der Waals surface area (Å²) in [5.41, 5.74) is 14.6. The van der Waals surface area contributed by atoms with Crippen molar-refractivity contribution in [2.75, 3.05) is 11.1 Å². The monoisotopic (exact) mass is 961 g/mol. The van der Waals surface area contributed by atoms with Crippen molar-refractivity contribution in [1.29, 1.82) is 0 Å². The van der Waals surface area contributed by atoms with E-state index in [9.17, 15) is 9.36 Å². The van der Waals surface area contributed by atoms with Gasteiger partial charge in [0, 0.05) is 54.1 Å². The Morgan fingerprint density at radius 2 is 1.03 bits per heavy atom. The van der Waals surface area contributed by atoms with Gasteiger partial charge in [-0.2, -0.15) is 0 Å². The molecule has 6 aromatic heterocycles. The van der Waals surface area contributed by atoms with Gasteiger partial charge in [-0.25, -0.2) is 24.9 Å². The average Bonchev–Trinajstić information content (AvgIpc) is 3.95. The van der Waals surface area contributed by atoms with E-state index in [0.717, 1.165) is 71.8 Å². The Balaban J connectivity index is 0.000000125. The summed E-state index contributed by atoms with van der Waals surface area (Å²) in [6.45, 7) is 0. The summed E-state index contributed by atoms with van der Waals surface area (Å²) in [6.07, 6.45) is 4.46. The van der Waals surface area contributed by atoms with Gasteiger partial charge in [0.1, 0.15) is 45.8 Å². The van der Waals surface area contributed by atoms with E-state index < -0.39 is 5.20 Å². The van der Waals surface area contributed by atoms with Crippen LogP contribution in [-0.4, -0.2) is 44.9 Å². The molecule has 5 aromatic carbocycles. The lowest BCUT2D eigenvalue weighted by atomic mass is 10.2. The molecule has 20 heteroatoms. The first-order valence-corrected chi connectivity index (χ1v) is 23.6. The molecule has 0 atom stereocenters. The number of hydrogen-bond donors (Lipinski definition) is 6. The van der Waals surface area contributed by atoms with Crippen LogP contribution in [0.2, 0.25) is 15.2 Å². The number of nitrogens with zero attached hydrogens (tertiary/aromatic N) is 5. The van der Waals surface area contributed by atoms with E-state index in [4.69, 9.17) is 40.5 Å². The lowest BCUT2D eigenvalue weighted by Gasteiger charge is -2.06. The van der Waals surface area contributed by atoms with E-state index in [2.05, 4.69) is 83.9 Å². The highest BCUT2D eigenvalue weighted by Crippen LogP contribution is 2.61. The molecule has 0 aliphatic heterocycles. The molecule has 0 spiro atoms. The molecular weight excluding hydrogens is 934 g/mol. The van der Waals surface area contributed by atoms with E-state index in [0.29, 0.717) is 26.4 Å². The fraction of sp³-hybridized carbons (Fsp3) is 0. The number of para-hydroxylation sites is 3. The maximum atomic E-state index is 11.4. The van der Waals surface area contributed by atoms with Crippen molar-refractivity contribution in [2.45, 2.75) is 0 Å². The zero-order valence-corrected chi connectivity index (χ0v) is 37.1. The highest BCUT2D eigenvalue weighted by Gasteiger charge is 2.11. The molecule has 0 aliphatic rings. The molecule has 312 valence electrons. The Labute approximate surface area is 380 Å². The lowest BCUT2D eigenvalue weighted by Crippen LogP contribution is -2.05. The molecule has 7 N–H and O–H groups in total. The van der Waals surface area contributed by atoms with E-state index in [1.165, 1.54) is 12.7 Å². The largest absolute Gasteiger partial charge is 0.399 e. The summed E-state index contributed by atoms with van der Waals surface area (Å²) < 4.78 is 9.51. The summed E-state index contributed by atoms with van der Waals surface area (Å²) in [5, 5.41) is 5.03. The number of fused-ring (bicyclic) bond motifs is 9. The van der Waals surface area contributed by atoms with Crippen LogP contribution in [0.25, 0.3) is 65.8 Å². The van der Waals surface area contributed by atoms with E-state index in [-0.39, 0.29) is 5.56 Å². The minimum absolute atomic E-state index is 0.133. The minimum Gasteiger partial charge on any atom is -0.399 e. The van der Waals surface area contributed by atoms with Crippen LogP contribution in [0.3, 0.4) is 0 Å².